The lowest BCUT2D eigenvalue weighted by atomic mass is 10.3. The van der Waals surface area contributed by atoms with Crippen molar-refractivity contribution in [3.05, 3.63) is 0 Å². The first-order valence-corrected chi connectivity index (χ1v) is 6.47. The second-order valence-corrected chi connectivity index (χ2v) is 7.18. The molecule has 0 spiro atoms. The van der Waals surface area contributed by atoms with E-state index in [1.54, 1.807) is 0 Å². The SMILES string of the molecule is C[Si]1(C)OC2CCN1C2. The Morgan fingerprint density at radius 1 is 1.56 bits per heavy atom. The molecule has 2 rings (SSSR count). The summed E-state index contributed by atoms with van der Waals surface area (Å²) in [7, 11) is -1.29. The van der Waals surface area contributed by atoms with Crippen LogP contribution in [0.1, 0.15) is 6.42 Å². The molecular weight excluding hydrogens is 130 g/mol. The van der Waals surface area contributed by atoms with Crippen molar-refractivity contribution in [1.82, 2.24) is 4.57 Å². The van der Waals surface area contributed by atoms with Gasteiger partial charge in [-0.2, -0.15) is 0 Å². The average Bonchev–Trinajstić information content (AvgIpc) is 2.19. The van der Waals surface area contributed by atoms with Crippen LogP contribution in [0.4, 0.5) is 0 Å². The van der Waals surface area contributed by atoms with Crippen molar-refractivity contribution in [3.63, 3.8) is 0 Å². The van der Waals surface area contributed by atoms with Gasteiger partial charge in [-0.25, -0.2) is 0 Å². The Bertz CT molecular complexity index is 137. The zero-order valence-electron chi connectivity index (χ0n) is 6.05. The molecule has 52 valence electrons. The fourth-order valence-corrected chi connectivity index (χ4v) is 4.26. The molecule has 0 aliphatic carbocycles. The minimum Gasteiger partial charge on any atom is -0.399 e. The van der Waals surface area contributed by atoms with Gasteiger partial charge in [0, 0.05) is 6.54 Å². The van der Waals surface area contributed by atoms with Crippen molar-refractivity contribution in [1.29, 1.82) is 0 Å². The topological polar surface area (TPSA) is 12.5 Å². The molecule has 2 nitrogen and oxygen atoms in total. The van der Waals surface area contributed by atoms with Gasteiger partial charge >= 0.3 is 0 Å². The minimum absolute atomic E-state index is 0.603. The van der Waals surface area contributed by atoms with E-state index in [-0.39, 0.29) is 0 Å². The van der Waals surface area contributed by atoms with Gasteiger partial charge in [0.1, 0.15) is 0 Å². The second kappa shape index (κ2) is 1.59. The van der Waals surface area contributed by atoms with Crippen LogP contribution in [-0.2, 0) is 4.43 Å². The molecule has 2 aliphatic heterocycles. The van der Waals surface area contributed by atoms with E-state index in [0.717, 1.165) is 0 Å². The first-order chi connectivity index (χ1) is 4.18. The van der Waals surface area contributed by atoms with Crippen molar-refractivity contribution < 1.29 is 4.43 Å². The molecule has 0 amide bonds. The summed E-state index contributed by atoms with van der Waals surface area (Å²) < 4.78 is 8.35. The molecule has 2 bridgehead atoms. The highest BCUT2D eigenvalue weighted by molar-refractivity contribution is 6.69. The largest absolute Gasteiger partial charge is 0.399 e. The summed E-state index contributed by atoms with van der Waals surface area (Å²) in [6.45, 7) is 7.08. The summed E-state index contributed by atoms with van der Waals surface area (Å²) >= 11 is 0. The molecule has 2 heterocycles. The van der Waals surface area contributed by atoms with E-state index >= 15 is 0 Å². The van der Waals surface area contributed by atoms with Gasteiger partial charge in [-0.15, -0.1) is 0 Å². The average molecular weight is 143 g/mol. The molecule has 2 saturated heterocycles. The normalized spacial score (nSPS) is 46.0. The smallest absolute Gasteiger partial charge is 0.265 e. The van der Waals surface area contributed by atoms with Crippen LogP contribution < -0.4 is 0 Å². The molecule has 2 aliphatic rings. The number of fused-ring (bicyclic) bond motifs is 2. The highest BCUT2D eigenvalue weighted by Crippen LogP contribution is 2.30. The van der Waals surface area contributed by atoms with Crippen LogP contribution in [0.2, 0.25) is 13.1 Å². The molecular formula is C6H13NOSi. The molecule has 2 fully saturated rings. The van der Waals surface area contributed by atoms with Gasteiger partial charge in [0.15, 0.2) is 0 Å². The van der Waals surface area contributed by atoms with E-state index < -0.39 is 8.48 Å². The van der Waals surface area contributed by atoms with Gasteiger partial charge in [0.2, 0.25) is 0 Å². The fourth-order valence-electron chi connectivity index (χ4n) is 1.80. The molecule has 0 saturated carbocycles. The maximum absolute atomic E-state index is 5.81. The van der Waals surface area contributed by atoms with Crippen LogP contribution in [-0.4, -0.2) is 32.2 Å². The van der Waals surface area contributed by atoms with Crippen LogP contribution in [0.3, 0.4) is 0 Å². The zero-order valence-corrected chi connectivity index (χ0v) is 7.05. The van der Waals surface area contributed by atoms with Crippen LogP contribution >= 0.6 is 0 Å². The monoisotopic (exact) mass is 143 g/mol. The second-order valence-electron chi connectivity index (χ2n) is 3.42. The summed E-state index contributed by atoms with van der Waals surface area (Å²) in [5.41, 5.74) is 0. The lowest BCUT2D eigenvalue weighted by Gasteiger charge is -2.28. The fraction of sp³-hybridized carbons (Fsp3) is 1.00. The molecule has 0 aromatic rings. The van der Waals surface area contributed by atoms with Gasteiger partial charge in [0.05, 0.1) is 6.10 Å². The van der Waals surface area contributed by atoms with Crippen molar-refractivity contribution in [3.8, 4) is 0 Å². The molecule has 9 heavy (non-hydrogen) atoms. The predicted octanol–water partition coefficient (Wildman–Crippen LogP) is 0.793. The molecule has 3 heteroatoms. The molecule has 0 aromatic heterocycles. The lowest BCUT2D eigenvalue weighted by molar-refractivity contribution is 0.224. The van der Waals surface area contributed by atoms with Crippen molar-refractivity contribution in [2.45, 2.75) is 25.6 Å². The van der Waals surface area contributed by atoms with Gasteiger partial charge < -0.3 is 8.99 Å². The predicted molar refractivity (Wildman–Crippen MR) is 38.5 cm³/mol. The summed E-state index contributed by atoms with van der Waals surface area (Å²) in [6.07, 6.45) is 1.88. The van der Waals surface area contributed by atoms with E-state index in [9.17, 15) is 0 Å². The van der Waals surface area contributed by atoms with Gasteiger partial charge in [0.25, 0.3) is 8.48 Å². The van der Waals surface area contributed by atoms with Gasteiger partial charge in [-0.3, -0.25) is 0 Å². The Morgan fingerprint density at radius 2 is 2.33 bits per heavy atom. The third-order valence-corrected chi connectivity index (χ3v) is 5.20. The zero-order chi connectivity index (χ0) is 6.48. The highest BCUT2D eigenvalue weighted by atomic mass is 28.4. The Hall–Kier alpha value is 0.137. The van der Waals surface area contributed by atoms with E-state index in [1.807, 2.05) is 0 Å². The Labute approximate surface area is 57.0 Å². The Morgan fingerprint density at radius 3 is 2.56 bits per heavy atom. The molecule has 0 N–H and O–H groups in total. The number of hydrogen-bond donors (Lipinski definition) is 0. The van der Waals surface area contributed by atoms with E-state index in [1.165, 1.54) is 19.5 Å². The number of rotatable bonds is 0. The Kier molecular flexibility index (Phi) is 1.04. The third kappa shape index (κ3) is 0.756. The summed E-state index contributed by atoms with van der Waals surface area (Å²) in [5.74, 6) is 0. The van der Waals surface area contributed by atoms with Gasteiger partial charge in [-0.1, -0.05) is 0 Å². The summed E-state index contributed by atoms with van der Waals surface area (Å²) in [5, 5.41) is 0. The lowest BCUT2D eigenvalue weighted by Crippen LogP contribution is -2.46. The Balaban J connectivity index is 2.18. The van der Waals surface area contributed by atoms with E-state index in [0.29, 0.717) is 6.10 Å². The van der Waals surface area contributed by atoms with Crippen LogP contribution in [0.5, 0.6) is 0 Å². The van der Waals surface area contributed by atoms with E-state index in [2.05, 4.69) is 17.7 Å². The molecule has 0 radical (unpaired) electrons. The van der Waals surface area contributed by atoms with Crippen molar-refractivity contribution >= 4 is 8.48 Å². The van der Waals surface area contributed by atoms with E-state index in [4.69, 9.17) is 4.43 Å². The number of nitrogens with zero attached hydrogens (tertiary/aromatic N) is 1. The summed E-state index contributed by atoms with van der Waals surface area (Å²) in [6, 6.07) is 0. The standard InChI is InChI=1S/C6H13NOSi/c1-9(2)7-4-3-6(5-7)8-9/h6H,3-5H2,1-2H3. The third-order valence-electron chi connectivity index (χ3n) is 2.36. The van der Waals surface area contributed by atoms with Gasteiger partial charge in [-0.05, 0) is 26.1 Å². The molecule has 0 aromatic carbocycles. The highest BCUT2D eigenvalue weighted by Gasteiger charge is 2.46. The summed E-state index contributed by atoms with van der Waals surface area (Å²) in [4.78, 5) is 0. The van der Waals surface area contributed by atoms with Crippen molar-refractivity contribution in [2.24, 2.45) is 0 Å². The van der Waals surface area contributed by atoms with Crippen molar-refractivity contribution in [2.75, 3.05) is 13.1 Å². The minimum atomic E-state index is -1.29. The quantitative estimate of drug-likeness (QED) is 0.465. The van der Waals surface area contributed by atoms with Crippen LogP contribution in [0.15, 0.2) is 0 Å². The first-order valence-electron chi connectivity index (χ1n) is 3.61. The van der Waals surface area contributed by atoms with Crippen LogP contribution in [0, 0.1) is 0 Å². The maximum Gasteiger partial charge on any atom is 0.265 e. The first kappa shape index (κ1) is 5.89. The number of hydrogen-bond acceptors (Lipinski definition) is 2. The molecule has 2 unspecified atom stereocenters. The van der Waals surface area contributed by atoms with Crippen LogP contribution in [0.25, 0.3) is 0 Å². The maximum atomic E-state index is 5.81. The molecule has 2 atom stereocenters.